The van der Waals surface area contributed by atoms with Gasteiger partial charge >= 0.3 is 0 Å². The summed E-state index contributed by atoms with van der Waals surface area (Å²) in [6, 6.07) is 4.70. The zero-order chi connectivity index (χ0) is 12.8. The fraction of sp³-hybridized carbons (Fsp3) is 0.615. The summed E-state index contributed by atoms with van der Waals surface area (Å²) in [5.74, 6) is 1.12. The van der Waals surface area contributed by atoms with Crippen molar-refractivity contribution in [2.24, 2.45) is 5.73 Å². The smallest absolute Gasteiger partial charge is 0.0572 e. The lowest BCUT2D eigenvalue weighted by Gasteiger charge is -2.26. The number of hydrogen-bond acceptors (Lipinski definition) is 4. The van der Waals surface area contributed by atoms with E-state index in [1.54, 1.807) is 0 Å². The number of anilines is 1. The van der Waals surface area contributed by atoms with Gasteiger partial charge < -0.3 is 10.6 Å². The maximum atomic E-state index is 5.95. The molecule has 3 nitrogen and oxygen atoms in total. The minimum atomic E-state index is 0.0537. The second-order valence-corrected chi connectivity index (χ2v) is 5.28. The highest BCUT2D eigenvalue weighted by Gasteiger charge is 2.10. The highest BCUT2D eigenvalue weighted by atomic mass is 32.2. The predicted molar refractivity (Wildman–Crippen MR) is 77.7 cm³/mol. The molecule has 2 N–H and O–H groups in total. The molecule has 0 radical (unpaired) electrons. The van der Waals surface area contributed by atoms with Crippen LogP contribution in [-0.2, 0) is 0 Å². The van der Waals surface area contributed by atoms with Crippen LogP contribution < -0.4 is 10.6 Å². The Labute approximate surface area is 109 Å². The maximum Gasteiger partial charge on any atom is 0.0572 e. The lowest BCUT2D eigenvalue weighted by Crippen LogP contribution is -2.30. The minimum absolute atomic E-state index is 0.0537. The van der Waals surface area contributed by atoms with Gasteiger partial charge in [0, 0.05) is 24.9 Å². The van der Waals surface area contributed by atoms with Crippen molar-refractivity contribution in [1.29, 1.82) is 0 Å². The van der Waals surface area contributed by atoms with E-state index in [1.807, 2.05) is 24.0 Å². The molecule has 0 saturated heterocycles. The van der Waals surface area contributed by atoms with Crippen molar-refractivity contribution >= 4 is 17.4 Å². The second kappa shape index (κ2) is 6.87. The van der Waals surface area contributed by atoms with Crippen LogP contribution in [0.25, 0.3) is 0 Å². The molecule has 0 aliphatic carbocycles. The van der Waals surface area contributed by atoms with Gasteiger partial charge in [0.15, 0.2) is 0 Å². The molecule has 2 atom stereocenters. The second-order valence-electron chi connectivity index (χ2n) is 4.37. The van der Waals surface area contributed by atoms with Gasteiger partial charge in [-0.25, -0.2) is 0 Å². The van der Waals surface area contributed by atoms with Gasteiger partial charge in [-0.3, -0.25) is 4.98 Å². The van der Waals surface area contributed by atoms with Gasteiger partial charge in [0.25, 0.3) is 0 Å². The van der Waals surface area contributed by atoms with Gasteiger partial charge in [-0.1, -0.05) is 6.92 Å². The maximum absolute atomic E-state index is 5.95. The molecule has 96 valence electrons. The van der Waals surface area contributed by atoms with Crippen LogP contribution in [0, 0.1) is 0 Å². The normalized spacial score (nSPS) is 14.4. The molecule has 1 heterocycles. The Morgan fingerprint density at radius 3 is 2.65 bits per heavy atom. The third kappa shape index (κ3) is 3.89. The summed E-state index contributed by atoms with van der Waals surface area (Å²) < 4.78 is 0. The van der Waals surface area contributed by atoms with Gasteiger partial charge in [0.2, 0.25) is 0 Å². The zero-order valence-corrected chi connectivity index (χ0v) is 12.0. The van der Waals surface area contributed by atoms with Crippen molar-refractivity contribution in [3.8, 4) is 0 Å². The molecular weight excluding hydrogens is 230 g/mol. The Kier molecular flexibility index (Phi) is 5.78. The molecule has 1 aromatic rings. The van der Waals surface area contributed by atoms with Gasteiger partial charge in [-0.2, -0.15) is 11.8 Å². The molecule has 1 aromatic heterocycles. The van der Waals surface area contributed by atoms with E-state index in [0.717, 1.165) is 23.6 Å². The summed E-state index contributed by atoms with van der Waals surface area (Å²) in [4.78, 5) is 6.69. The summed E-state index contributed by atoms with van der Waals surface area (Å²) in [7, 11) is 2.11. The van der Waals surface area contributed by atoms with Crippen molar-refractivity contribution < 1.29 is 0 Å². The van der Waals surface area contributed by atoms with Crippen LogP contribution in [0.4, 0.5) is 5.69 Å². The Hall–Kier alpha value is -0.740. The van der Waals surface area contributed by atoms with E-state index in [4.69, 9.17) is 5.73 Å². The van der Waals surface area contributed by atoms with Crippen LogP contribution >= 0.6 is 11.8 Å². The first-order valence-electron chi connectivity index (χ1n) is 6.03. The van der Waals surface area contributed by atoms with Crippen molar-refractivity contribution in [1.82, 2.24) is 4.98 Å². The molecule has 0 aromatic carbocycles. The summed E-state index contributed by atoms with van der Waals surface area (Å²) in [6.07, 6.45) is 4.97. The fourth-order valence-electron chi connectivity index (χ4n) is 1.64. The van der Waals surface area contributed by atoms with Crippen LogP contribution in [0.2, 0.25) is 0 Å². The molecule has 4 heteroatoms. The Morgan fingerprint density at radius 1 is 1.47 bits per heavy atom. The van der Waals surface area contributed by atoms with Gasteiger partial charge in [-0.05, 0) is 31.7 Å². The van der Waals surface area contributed by atoms with Crippen molar-refractivity contribution in [2.75, 3.05) is 24.0 Å². The van der Waals surface area contributed by atoms with Gasteiger partial charge in [-0.15, -0.1) is 0 Å². The van der Waals surface area contributed by atoms with Crippen LogP contribution in [-0.4, -0.2) is 30.1 Å². The van der Waals surface area contributed by atoms with Crippen LogP contribution in [0.15, 0.2) is 18.3 Å². The van der Waals surface area contributed by atoms with E-state index in [0.29, 0.717) is 6.04 Å². The average molecular weight is 253 g/mol. The standard InChI is InChI=1S/C13H23N3S/c1-5-12(14)13-7-6-11(8-15-13)16(3)10(2)9-17-4/h6-8,10,12H,5,9,14H2,1-4H3/t10?,12-/m1/s1. The quantitative estimate of drug-likeness (QED) is 0.846. The number of hydrogen-bond donors (Lipinski definition) is 1. The van der Waals surface area contributed by atoms with E-state index in [1.165, 1.54) is 0 Å². The number of rotatable bonds is 6. The van der Waals surface area contributed by atoms with Gasteiger partial charge in [0.1, 0.15) is 0 Å². The summed E-state index contributed by atoms with van der Waals surface area (Å²) in [5.41, 5.74) is 8.07. The molecule has 1 rings (SSSR count). The molecule has 0 spiro atoms. The molecule has 0 amide bonds. The highest BCUT2D eigenvalue weighted by Crippen LogP contribution is 2.18. The molecule has 0 fully saturated rings. The topological polar surface area (TPSA) is 42.1 Å². The number of nitrogens with two attached hydrogens (primary N) is 1. The average Bonchev–Trinajstić information content (AvgIpc) is 2.37. The molecule has 0 aliphatic heterocycles. The third-order valence-corrected chi connectivity index (χ3v) is 3.88. The Bertz CT molecular complexity index is 326. The van der Waals surface area contributed by atoms with E-state index in [9.17, 15) is 0 Å². The molecule has 0 aliphatic rings. The lowest BCUT2D eigenvalue weighted by atomic mass is 10.1. The van der Waals surface area contributed by atoms with Crippen LogP contribution in [0.5, 0.6) is 0 Å². The van der Waals surface area contributed by atoms with E-state index >= 15 is 0 Å². The Morgan fingerprint density at radius 2 is 2.18 bits per heavy atom. The molecule has 0 saturated carbocycles. The van der Waals surface area contributed by atoms with Crippen molar-refractivity contribution in [2.45, 2.75) is 32.4 Å². The molecule has 1 unspecified atom stereocenters. The zero-order valence-electron chi connectivity index (χ0n) is 11.2. The minimum Gasteiger partial charge on any atom is -0.370 e. The van der Waals surface area contributed by atoms with Crippen LogP contribution in [0.3, 0.4) is 0 Å². The summed E-state index contributed by atoms with van der Waals surface area (Å²) >= 11 is 1.86. The largest absolute Gasteiger partial charge is 0.370 e. The number of aromatic nitrogens is 1. The van der Waals surface area contributed by atoms with Crippen molar-refractivity contribution in [3.05, 3.63) is 24.0 Å². The first-order valence-corrected chi connectivity index (χ1v) is 7.42. The van der Waals surface area contributed by atoms with Crippen LogP contribution in [0.1, 0.15) is 32.0 Å². The summed E-state index contributed by atoms with van der Waals surface area (Å²) in [5, 5.41) is 0. The molecule has 0 bridgehead atoms. The number of thioether (sulfide) groups is 1. The van der Waals surface area contributed by atoms with E-state index in [2.05, 4.69) is 43.1 Å². The fourth-order valence-corrected chi connectivity index (χ4v) is 2.35. The summed E-state index contributed by atoms with van der Waals surface area (Å²) in [6.45, 7) is 4.30. The molecular formula is C13H23N3S. The number of nitrogens with zero attached hydrogens (tertiary/aromatic N) is 2. The predicted octanol–water partition coefficient (Wildman–Crippen LogP) is 2.68. The SMILES string of the molecule is CC[C@@H](N)c1ccc(N(C)C(C)CSC)cn1. The first kappa shape index (κ1) is 14.3. The highest BCUT2D eigenvalue weighted by molar-refractivity contribution is 7.98. The molecule has 17 heavy (non-hydrogen) atoms. The first-order chi connectivity index (χ1) is 8.10. The van der Waals surface area contributed by atoms with Crippen molar-refractivity contribution in [3.63, 3.8) is 0 Å². The van der Waals surface area contributed by atoms with Gasteiger partial charge in [0.05, 0.1) is 17.6 Å². The Balaban J connectivity index is 2.73. The van der Waals surface area contributed by atoms with E-state index < -0.39 is 0 Å². The monoisotopic (exact) mass is 253 g/mol. The number of pyridine rings is 1. The van der Waals surface area contributed by atoms with E-state index in [-0.39, 0.29) is 6.04 Å². The third-order valence-electron chi connectivity index (χ3n) is 3.07. The lowest BCUT2D eigenvalue weighted by molar-refractivity contribution is 0.674.